The molecular formula is C18H24FN3O3. The van der Waals surface area contributed by atoms with Crippen molar-refractivity contribution >= 4 is 11.8 Å². The summed E-state index contributed by atoms with van der Waals surface area (Å²) in [5.41, 5.74) is 2.78. The number of piperidine rings is 1. The maximum absolute atomic E-state index is 13.8. The van der Waals surface area contributed by atoms with Gasteiger partial charge in [0, 0.05) is 25.6 Å². The van der Waals surface area contributed by atoms with Gasteiger partial charge in [-0.2, -0.15) is 0 Å². The first-order valence-electron chi connectivity index (χ1n) is 8.63. The van der Waals surface area contributed by atoms with Crippen LogP contribution in [0.3, 0.4) is 0 Å². The van der Waals surface area contributed by atoms with Crippen LogP contribution in [-0.4, -0.2) is 65.7 Å². The molecule has 2 amide bonds. The molecule has 0 aromatic heterocycles. The molecule has 1 aromatic rings. The third kappa shape index (κ3) is 3.67. The zero-order chi connectivity index (χ0) is 18.0. The first-order valence-corrected chi connectivity index (χ1v) is 8.63. The number of benzene rings is 1. The van der Waals surface area contributed by atoms with Gasteiger partial charge in [-0.3, -0.25) is 19.7 Å². The third-order valence-corrected chi connectivity index (χ3v) is 5.32. The Bertz CT molecular complexity index is 627. The molecule has 0 aliphatic carbocycles. The number of nitrogens with zero attached hydrogens (tertiary/aromatic N) is 2. The fourth-order valence-electron chi connectivity index (χ4n) is 4.05. The molecule has 2 aliphatic rings. The van der Waals surface area contributed by atoms with Gasteiger partial charge in [0.05, 0.1) is 5.92 Å². The molecule has 2 heterocycles. The Balaban J connectivity index is 1.73. The van der Waals surface area contributed by atoms with E-state index in [0.717, 1.165) is 6.42 Å². The molecule has 4 atom stereocenters. The van der Waals surface area contributed by atoms with E-state index in [1.54, 1.807) is 22.3 Å². The fraction of sp³-hybridized carbons (Fsp3) is 0.556. The number of carbonyl (C=O) groups excluding carboxylic acids is 2. The highest BCUT2D eigenvalue weighted by molar-refractivity contribution is 5.90. The van der Waals surface area contributed by atoms with E-state index in [9.17, 15) is 14.0 Å². The van der Waals surface area contributed by atoms with Crippen molar-refractivity contribution in [2.24, 2.45) is 5.92 Å². The summed E-state index contributed by atoms with van der Waals surface area (Å²) in [6.45, 7) is 1.33. The molecule has 2 N–H and O–H groups in total. The van der Waals surface area contributed by atoms with Crippen LogP contribution in [-0.2, 0) is 9.59 Å². The summed E-state index contributed by atoms with van der Waals surface area (Å²) in [5.74, 6) is -1.48. The maximum Gasteiger partial charge on any atom is 0.248 e. The Morgan fingerprint density at radius 1 is 1.24 bits per heavy atom. The first kappa shape index (κ1) is 17.8. The average molecular weight is 349 g/mol. The molecule has 2 fully saturated rings. The second kappa shape index (κ2) is 7.49. The summed E-state index contributed by atoms with van der Waals surface area (Å²) in [4.78, 5) is 28.3. The van der Waals surface area contributed by atoms with E-state index in [1.165, 1.54) is 5.56 Å². The zero-order valence-corrected chi connectivity index (χ0v) is 14.3. The maximum atomic E-state index is 13.8. The van der Waals surface area contributed by atoms with Gasteiger partial charge in [0.1, 0.15) is 12.2 Å². The van der Waals surface area contributed by atoms with E-state index in [2.05, 4.69) is 12.1 Å². The monoisotopic (exact) mass is 349 g/mol. The van der Waals surface area contributed by atoms with Gasteiger partial charge < -0.3 is 4.90 Å². The van der Waals surface area contributed by atoms with Crippen LogP contribution in [0.2, 0.25) is 0 Å². The average Bonchev–Trinajstić information content (AvgIpc) is 3.11. The largest absolute Gasteiger partial charge is 0.341 e. The SMILES string of the molecule is CN1C[C@H](F)C[C@@H](C(=O)NO)[C@@H]1C(=O)N1CC[C@H](c2ccccc2)C1. The number of alkyl halides is 1. The van der Waals surface area contributed by atoms with Crippen LogP contribution < -0.4 is 5.48 Å². The van der Waals surface area contributed by atoms with Crippen LogP contribution >= 0.6 is 0 Å². The van der Waals surface area contributed by atoms with Crippen LogP contribution in [0.25, 0.3) is 0 Å². The molecule has 0 unspecified atom stereocenters. The standard InChI is InChI=1S/C18H24FN3O3/c1-21-11-14(19)9-15(17(23)20-25)16(21)18(24)22-8-7-13(10-22)12-5-3-2-4-6-12/h2-6,13-16,25H,7-11H2,1H3,(H,20,23)/t13-,14+,15+,16+/m0/s1. The van der Waals surface area contributed by atoms with Crippen molar-refractivity contribution in [1.29, 1.82) is 0 Å². The van der Waals surface area contributed by atoms with Crippen molar-refractivity contribution in [2.45, 2.75) is 31.0 Å². The van der Waals surface area contributed by atoms with E-state index in [-0.39, 0.29) is 24.8 Å². The normalized spacial score (nSPS) is 30.3. The number of halogens is 1. The van der Waals surface area contributed by atoms with E-state index in [1.807, 2.05) is 18.2 Å². The van der Waals surface area contributed by atoms with Gasteiger partial charge >= 0.3 is 0 Å². The highest BCUT2D eigenvalue weighted by atomic mass is 19.1. The van der Waals surface area contributed by atoms with Gasteiger partial charge in [-0.25, -0.2) is 9.87 Å². The Morgan fingerprint density at radius 3 is 2.64 bits per heavy atom. The van der Waals surface area contributed by atoms with E-state index < -0.39 is 24.0 Å². The lowest BCUT2D eigenvalue weighted by atomic mass is 9.87. The predicted octanol–water partition coefficient (Wildman–Crippen LogP) is 1.17. The number of likely N-dealkylation sites (tertiary alicyclic amines) is 2. The second-order valence-electron chi connectivity index (χ2n) is 6.98. The van der Waals surface area contributed by atoms with E-state index in [4.69, 9.17) is 5.21 Å². The van der Waals surface area contributed by atoms with Crippen LogP contribution in [0, 0.1) is 5.92 Å². The van der Waals surface area contributed by atoms with Crippen molar-refractivity contribution in [2.75, 3.05) is 26.7 Å². The number of carbonyl (C=O) groups is 2. The molecule has 0 radical (unpaired) electrons. The summed E-state index contributed by atoms with van der Waals surface area (Å²) >= 11 is 0. The molecule has 136 valence electrons. The molecular weight excluding hydrogens is 325 g/mol. The van der Waals surface area contributed by atoms with Crippen LogP contribution in [0.4, 0.5) is 4.39 Å². The number of hydroxylamine groups is 1. The highest BCUT2D eigenvalue weighted by Crippen LogP contribution is 2.31. The molecule has 1 aromatic carbocycles. The summed E-state index contributed by atoms with van der Waals surface area (Å²) in [5, 5.41) is 8.95. The molecule has 0 spiro atoms. The molecule has 2 aliphatic heterocycles. The van der Waals surface area contributed by atoms with Gasteiger partial charge in [-0.1, -0.05) is 30.3 Å². The summed E-state index contributed by atoms with van der Waals surface area (Å²) < 4.78 is 13.8. The molecule has 6 nitrogen and oxygen atoms in total. The van der Waals surface area contributed by atoms with Crippen molar-refractivity contribution < 1.29 is 19.2 Å². The van der Waals surface area contributed by atoms with Gasteiger partial charge in [0.25, 0.3) is 0 Å². The smallest absolute Gasteiger partial charge is 0.248 e. The Hall–Kier alpha value is -1.99. The Morgan fingerprint density at radius 2 is 1.96 bits per heavy atom. The van der Waals surface area contributed by atoms with E-state index >= 15 is 0 Å². The lowest BCUT2D eigenvalue weighted by Crippen LogP contribution is -2.59. The van der Waals surface area contributed by atoms with Crippen molar-refractivity contribution in [3.63, 3.8) is 0 Å². The number of likely N-dealkylation sites (N-methyl/N-ethyl adjacent to an activating group) is 1. The van der Waals surface area contributed by atoms with Gasteiger partial charge in [-0.05, 0) is 25.5 Å². The lowest BCUT2D eigenvalue weighted by Gasteiger charge is -2.40. The Labute approximate surface area is 146 Å². The number of hydrogen-bond acceptors (Lipinski definition) is 4. The minimum absolute atomic E-state index is 0.0525. The second-order valence-corrected chi connectivity index (χ2v) is 6.98. The molecule has 25 heavy (non-hydrogen) atoms. The van der Waals surface area contributed by atoms with Crippen molar-refractivity contribution in [1.82, 2.24) is 15.3 Å². The minimum atomic E-state index is -1.19. The van der Waals surface area contributed by atoms with Crippen molar-refractivity contribution in [3.8, 4) is 0 Å². The molecule has 7 heteroatoms. The van der Waals surface area contributed by atoms with Crippen LogP contribution in [0.1, 0.15) is 24.3 Å². The highest BCUT2D eigenvalue weighted by Gasteiger charge is 2.45. The lowest BCUT2D eigenvalue weighted by molar-refractivity contribution is -0.149. The van der Waals surface area contributed by atoms with Crippen LogP contribution in [0.5, 0.6) is 0 Å². The zero-order valence-electron chi connectivity index (χ0n) is 14.3. The summed E-state index contributed by atoms with van der Waals surface area (Å²) in [6.07, 6.45) is -0.371. The topological polar surface area (TPSA) is 72.9 Å². The van der Waals surface area contributed by atoms with Crippen LogP contribution in [0.15, 0.2) is 30.3 Å². The number of hydrogen-bond donors (Lipinski definition) is 2. The summed E-state index contributed by atoms with van der Waals surface area (Å²) in [7, 11) is 1.65. The number of rotatable bonds is 3. The minimum Gasteiger partial charge on any atom is -0.341 e. The van der Waals surface area contributed by atoms with Crippen molar-refractivity contribution in [3.05, 3.63) is 35.9 Å². The first-order chi connectivity index (χ1) is 12.0. The molecule has 2 saturated heterocycles. The summed E-state index contributed by atoms with van der Waals surface area (Å²) in [6, 6.07) is 9.30. The quantitative estimate of drug-likeness (QED) is 0.635. The number of nitrogens with one attached hydrogen (secondary N) is 1. The fourth-order valence-corrected chi connectivity index (χ4v) is 4.05. The number of amides is 2. The molecule has 0 bridgehead atoms. The van der Waals surface area contributed by atoms with Gasteiger partial charge in [0.15, 0.2) is 0 Å². The predicted molar refractivity (Wildman–Crippen MR) is 89.7 cm³/mol. The third-order valence-electron chi connectivity index (χ3n) is 5.32. The Kier molecular flexibility index (Phi) is 5.34. The van der Waals surface area contributed by atoms with Gasteiger partial charge in [0.2, 0.25) is 11.8 Å². The molecule has 0 saturated carbocycles. The van der Waals surface area contributed by atoms with Gasteiger partial charge in [-0.15, -0.1) is 0 Å². The molecule has 3 rings (SSSR count). The van der Waals surface area contributed by atoms with E-state index in [0.29, 0.717) is 13.1 Å².